The van der Waals surface area contributed by atoms with Gasteiger partial charge in [0, 0.05) is 22.8 Å². The van der Waals surface area contributed by atoms with Crippen LogP contribution in [0.1, 0.15) is 38.4 Å². The van der Waals surface area contributed by atoms with Gasteiger partial charge in [0.15, 0.2) is 0 Å². The van der Waals surface area contributed by atoms with Crippen molar-refractivity contribution in [1.29, 1.82) is 0 Å². The number of nitrogens with one attached hydrogen (secondary N) is 2. The topological polar surface area (TPSA) is 66.9 Å². The van der Waals surface area contributed by atoms with Gasteiger partial charge in [-0.2, -0.15) is 0 Å². The van der Waals surface area contributed by atoms with E-state index in [-0.39, 0.29) is 17.6 Å². The normalized spacial score (nSPS) is 12.7. The molecule has 0 bridgehead atoms. The molecule has 1 aromatic carbocycles. The average molecular weight is 329 g/mol. The molecule has 3 aromatic rings. The summed E-state index contributed by atoms with van der Waals surface area (Å²) < 4.78 is 2.45. The predicted molar refractivity (Wildman–Crippen MR) is 95.6 cm³/mol. The highest BCUT2D eigenvalue weighted by atomic mass is 32.1. The van der Waals surface area contributed by atoms with Crippen molar-refractivity contribution in [3.05, 3.63) is 62.1 Å². The van der Waals surface area contributed by atoms with Gasteiger partial charge in [0.1, 0.15) is 5.82 Å². The first-order valence-corrected chi connectivity index (χ1v) is 8.43. The van der Waals surface area contributed by atoms with E-state index in [1.165, 1.54) is 20.7 Å². The maximum absolute atomic E-state index is 12.1. The van der Waals surface area contributed by atoms with Crippen LogP contribution in [0.4, 0.5) is 5.82 Å². The van der Waals surface area contributed by atoms with Crippen LogP contribution in [0.2, 0.25) is 0 Å². The largest absolute Gasteiger partial charge is 0.365 e. The van der Waals surface area contributed by atoms with Gasteiger partial charge in [-0.15, -0.1) is 11.3 Å². The molecule has 0 amide bonds. The minimum Gasteiger partial charge on any atom is -0.365 e. The fourth-order valence-corrected chi connectivity index (χ4v) is 3.41. The smallest absolute Gasteiger partial charge is 0.330 e. The lowest BCUT2D eigenvalue weighted by Crippen LogP contribution is -2.36. The van der Waals surface area contributed by atoms with Crippen LogP contribution in [0.15, 0.2) is 45.3 Å². The van der Waals surface area contributed by atoms with Gasteiger partial charge in [0.25, 0.3) is 5.56 Å². The lowest BCUT2D eigenvalue weighted by Gasteiger charge is -2.16. The van der Waals surface area contributed by atoms with Crippen molar-refractivity contribution in [2.45, 2.75) is 32.9 Å². The summed E-state index contributed by atoms with van der Waals surface area (Å²) in [4.78, 5) is 26.8. The Morgan fingerprint density at radius 2 is 1.91 bits per heavy atom. The van der Waals surface area contributed by atoms with Gasteiger partial charge < -0.3 is 5.32 Å². The third kappa shape index (κ3) is 3.07. The Morgan fingerprint density at radius 3 is 2.61 bits per heavy atom. The van der Waals surface area contributed by atoms with Crippen molar-refractivity contribution in [1.82, 2.24) is 9.55 Å². The first kappa shape index (κ1) is 15.6. The number of benzene rings is 1. The van der Waals surface area contributed by atoms with E-state index in [0.717, 1.165) is 5.56 Å². The molecule has 0 aliphatic carbocycles. The molecule has 6 heteroatoms. The number of anilines is 1. The summed E-state index contributed by atoms with van der Waals surface area (Å²) in [6, 6.07) is 9.60. The average Bonchev–Trinajstić information content (AvgIpc) is 2.93. The Morgan fingerprint density at radius 1 is 1.13 bits per heavy atom. The van der Waals surface area contributed by atoms with Crippen LogP contribution in [0.5, 0.6) is 0 Å². The van der Waals surface area contributed by atoms with Gasteiger partial charge >= 0.3 is 5.69 Å². The van der Waals surface area contributed by atoms with E-state index in [9.17, 15) is 9.59 Å². The fourth-order valence-electron chi connectivity index (χ4n) is 2.64. The second-order valence-corrected chi connectivity index (χ2v) is 6.82. The number of hydrogen-bond donors (Lipinski definition) is 2. The summed E-state index contributed by atoms with van der Waals surface area (Å²) in [5.74, 6) is 0.440. The van der Waals surface area contributed by atoms with Crippen molar-refractivity contribution < 1.29 is 0 Å². The SMILES string of the molecule is CC(Nc1cc(=O)n(C(C)C)c(=O)[nH]1)c1ccc2sccc2c1. The fraction of sp³-hybridized carbons (Fsp3) is 0.294. The third-order valence-corrected chi connectivity index (χ3v) is 4.73. The zero-order valence-electron chi connectivity index (χ0n) is 13.3. The van der Waals surface area contributed by atoms with Crippen LogP contribution in [-0.4, -0.2) is 9.55 Å². The van der Waals surface area contributed by atoms with Crippen molar-refractivity contribution in [3.63, 3.8) is 0 Å². The quantitative estimate of drug-likeness (QED) is 0.770. The second-order valence-electron chi connectivity index (χ2n) is 5.87. The summed E-state index contributed by atoms with van der Waals surface area (Å²) >= 11 is 1.71. The highest BCUT2D eigenvalue weighted by Gasteiger charge is 2.11. The molecule has 3 rings (SSSR count). The number of aromatic nitrogens is 2. The molecule has 5 nitrogen and oxygen atoms in total. The molecule has 1 atom stereocenters. The van der Waals surface area contributed by atoms with Crippen LogP contribution in [0, 0.1) is 0 Å². The van der Waals surface area contributed by atoms with E-state index >= 15 is 0 Å². The Hall–Kier alpha value is -2.34. The molecular weight excluding hydrogens is 310 g/mol. The number of fused-ring (bicyclic) bond motifs is 1. The zero-order valence-corrected chi connectivity index (χ0v) is 14.1. The molecule has 0 aliphatic rings. The Balaban J connectivity index is 1.89. The van der Waals surface area contributed by atoms with Crippen molar-refractivity contribution in [2.24, 2.45) is 0 Å². The van der Waals surface area contributed by atoms with Gasteiger partial charge in [0.05, 0.1) is 0 Å². The van der Waals surface area contributed by atoms with Crippen molar-refractivity contribution in [3.8, 4) is 0 Å². The van der Waals surface area contributed by atoms with E-state index in [0.29, 0.717) is 5.82 Å². The molecule has 0 spiro atoms. The number of H-pyrrole nitrogens is 1. The molecule has 2 N–H and O–H groups in total. The Kier molecular flexibility index (Phi) is 4.09. The number of rotatable bonds is 4. The summed E-state index contributed by atoms with van der Waals surface area (Å²) in [5.41, 5.74) is 0.409. The molecular formula is C17H19N3O2S. The van der Waals surface area contributed by atoms with Crippen LogP contribution >= 0.6 is 11.3 Å². The van der Waals surface area contributed by atoms with Crippen molar-refractivity contribution >= 4 is 27.2 Å². The lowest BCUT2D eigenvalue weighted by atomic mass is 10.1. The first-order chi connectivity index (χ1) is 11.0. The van der Waals surface area contributed by atoms with Crippen LogP contribution < -0.4 is 16.6 Å². The summed E-state index contributed by atoms with van der Waals surface area (Å²) in [7, 11) is 0. The standard InChI is InChI=1S/C17H19N3O2S/c1-10(2)20-16(21)9-15(19-17(20)22)18-11(3)12-4-5-14-13(8-12)6-7-23-14/h4-11,18H,1-3H3,(H,19,22). The van der Waals surface area contributed by atoms with Gasteiger partial charge in [-0.1, -0.05) is 6.07 Å². The monoisotopic (exact) mass is 329 g/mol. The summed E-state index contributed by atoms with van der Waals surface area (Å²) in [6.45, 7) is 5.62. The highest BCUT2D eigenvalue weighted by Crippen LogP contribution is 2.25. The molecule has 0 radical (unpaired) electrons. The molecule has 0 saturated heterocycles. The van der Waals surface area contributed by atoms with Crippen LogP contribution in [0.3, 0.4) is 0 Å². The number of aromatic amines is 1. The number of thiophene rings is 1. The molecule has 0 aliphatic heterocycles. The zero-order chi connectivity index (χ0) is 16.6. The van der Waals surface area contributed by atoms with E-state index in [1.54, 1.807) is 11.3 Å². The Bertz CT molecular complexity index is 921. The molecule has 120 valence electrons. The van der Waals surface area contributed by atoms with E-state index < -0.39 is 5.69 Å². The summed E-state index contributed by atoms with van der Waals surface area (Å²) in [5, 5.41) is 6.46. The third-order valence-electron chi connectivity index (χ3n) is 3.83. The summed E-state index contributed by atoms with van der Waals surface area (Å²) in [6.07, 6.45) is 0. The highest BCUT2D eigenvalue weighted by molar-refractivity contribution is 7.17. The van der Waals surface area contributed by atoms with Gasteiger partial charge in [-0.3, -0.25) is 14.3 Å². The molecule has 0 fully saturated rings. The molecule has 0 saturated carbocycles. The van der Waals surface area contributed by atoms with E-state index in [2.05, 4.69) is 39.9 Å². The van der Waals surface area contributed by atoms with Crippen LogP contribution in [-0.2, 0) is 0 Å². The van der Waals surface area contributed by atoms with E-state index in [4.69, 9.17) is 0 Å². The molecule has 23 heavy (non-hydrogen) atoms. The van der Waals surface area contributed by atoms with Gasteiger partial charge in [0.2, 0.25) is 0 Å². The Labute approximate surface area is 137 Å². The maximum atomic E-state index is 12.1. The molecule has 2 aromatic heterocycles. The number of hydrogen-bond acceptors (Lipinski definition) is 4. The minimum absolute atomic E-state index is 0.0238. The first-order valence-electron chi connectivity index (χ1n) is 7.55. The van der Waals surface area contributed by atoms with Gasteiger partial charge in [-0.25, -0.2) is 4.79 Å². The lowest BCUT2D eigenvalue weighted by molar-refractivity contribution is 0.546. The predicted octanol–water partition coefficient (Wildman–Crippen LogP) is 3.51. The maximum Gasteiger partial charge on any atom is 0.330 e. The van der Waals surface area contributed by atoms with Gasteiger partial charge in [-0.05, 0) is 55.3 Å². The molecule has 2 heterocycles. The van der Waals surface area contributed by atoms with Crippen molar-refractivity contribution in [2.75, 3.05) is 5.32 Å². The number of nitrogens with zero attached hydrogens (tertiary/aromatic N) is 1. The minimum atomic E-state index is -0.393. The van der Waals surface area contributed by atoms with E-state index in [1.807, 2.05) is 20.8 Å². The molecule has 1 unspecified atom stereocenters. The van der Waals surface area contributed by atoms with Crippen LogP contribution in [0.25, 0.3) is 10.1 Å². The second kappa shape index (κ2) is 6.04.